The van der Waals surface area contributed by atoms with E-state index in [1.807, 2.05) is 37.4 Å². The maximum Gasteiger partial charge on any atom is 0.229 e. The molecule has 0 spiro atoms. The molecular formula is C22H29N5O. The molecular weight excluding hydrogens is 350 g/mol. The predicted molar refractivity (Wildman–Crippen MR) is 116 cm³/mol. The molecule has 1 aliphatic carbocycles. The number of hydrogen-bond donors (Lipinski definition) is 2. The molecule has 1 aromatic carbocycles. The summed E-state index contributed by atoms with van der Waals surface area (Å²) in [5.41, 5.74) is 3.07. The molecule has 0 aliphatic heterocycles. The van der Waals surface area contributed by atoms with Crippen molar-refractivity contribution in [3.63, 3.8) is 0 Å². The van der Waals surface area contributed by atoms with Crippen molar-refractivity contribution in [1.82, 2.24) is 14.9 Å². The predicted octanol–water partition coefficient (Wildman–Crippen LogP) is 4.16. The maximum atomic E-state index is 5.55. The van der Waals surface area contributed by atoms with Gasteiger partial charge < -0.3 is 20.3 Å². The van der Waals surface area contributed by atoms with Crippen molar-refractivity contribution in [2.24, 2.45) is 0 Å². The van der Waals surface area contributed by atoms with Crippen LogP contribution in [0.5, 0.6) is 5.75 Å². The summed E-state index contributed by atoms with van der Waals surface area (Å²) in [5.74, 6) is 2.28. The Morgan fingerprint density at radius 1 is 1.14 bits per heavy atom. The highest BCUT2D eigenvalue weighted by atomic mass is 16.5. The van der Waals surface area contributed by atoms with Gasteiger partial charge in [-0.05, 0) is 57.6 Å². The van der Waals surface area contributed by atoms with Gasteiger partial charge >= 0.3 is 0 Å². The molecule has 0 saturated carbocycles. The van der Waals surface area contributed by atoms with Crippen LogP contribution in [0, 0.1) is 0 Å². The molecule has 2 N–H and O–H groups in total. The molecule has 148 valence electrons. The summed E-state index contributed by atoms with van der Waals surface area (Å²) < 4.78 is 5.55. The van der Waals surface area contributed by atoms with E-state index in [2.05, 4.69) is 52.8 Å². The topological polar surface area (TPSA) is 62.3 Å². The van der Waals surface area contributed by atoms with Gasteiger partial charge in [0.15, 0.2) is 0 Å². The van der Waals surface area contributed by atoms with Crippen LogP contribution in [0.3, 0.4) is 0 Å². The van der Waals surface area contributed by atoms with E-state index in [9.17, 15) is 0 Å². The van der Waals surface area contributed by atoms with Crippen LogP contribution in [-0.4, -0.2) is 48.7 Å². The van der Waals surface area contributed by atoms with Crippen LogP contribution in [0.25, 0.3) is 11.1 Å². The van der Waals surface area contributed by atoms with Crippen LogP contribution in [0.2, 0.25) is 0 Å². The third-order valence-electron chi connectivity index (χ3n) is 4.37. The zero-order valence-electron chi connectivity index (χ0n) is 16.9. The van der Waals surface area contributed by atoms with Crippen LogP contribution in [0.4, 0.5) is 11.8 Å². The molecule has 28 heavy (non-hydrogen) atoms. The first-order chi connectivity index (χ1) is 13.7. The van der Waals surface area contributed by atoms with Gasteiger partial charge in [0.1, 0.15) is 11.6 Å². The Kier molecular flexibility index (Phi) is 7.03. The van der Waals surface area contributed by atoms with Gasteiger partial charge in [0, 0.05) is 30.5 Å². The molecule has 6 heteroatoms. The van der Waals surface area contributed by atoms with Gasteiger partial charge in [0.25, 0.3) is 0 Å². The first-order valence-electron chi connectivity index (χ1n) is 9.78. The van der Waals surface area contributed by atoms with Gasteiger partial charge in [-0.1, -0.05) is 24.3 Å². The average Bonchev–Trinajstić information content (AvgIpc) is 2.70. The molecule has 2 aromatic rings. The Morgan fingerprint density at radius 2 is 1.96 bits per heavy atom. The van der Waals surface area contributed by atoms with Gasteiger partial charge in [-0.15, -0.1) is 0 Å². The van der Waals surface area contributed by atoms with Gasteiger partial charge in [0.05, 0.1) is 6.61 Å². The smallest absolute Gasteiger partial charge is 0.229 e. The Morgan fingerprint density at radius 3 is 2.64 bits per heavy atom. The van der Waals surface area contributed by atoms with E-state index in [4.69, 9.17) is 9.72 Å². The third-order valence-corrected chi connectivity index (χ3v) is 4.37. The number of aromatic nitrogens is 2. The fourth-order valence-electron chi connectivity index (χ4n) is 2.92. The number of nitrogens with zero attached hydrogens (tertiary/aromatic N) is 3. The Labute approximate surface area is 167 Å². The number of nitrogens with one attached hydrogen (secondary N) is 2. The number of ether oxygens (including phenoxy) is 1. The second-order valence-corrected chi connectivity index (χ2v) is 6.91. The van der Waals surface area contributed by atoms with Crippen molar-refractivity contribution in [3.8, 4) is 16.9 Å². The highest BCUT2D eigenvalue weighted by molar-refractivity contribution is 5.75. The standard InChI is InChI=1S/C22H29N5O/c1-4-28-19-12-10-17(11-13-19)20-16-24-22(25-18-8-6-5-7-9-18)26-21(20)23-14-15-27(2)3/h6,8-13,16H,4-5,7,14-15H2,1-3H3,(H2,23,24,25,26). The molecule has 1 aromatic heterocycles. The number of likely N-dealkylation sites (N-methyl/N-ethyl adjacent to an activating group) is 1. The SMILES string of the molecule is CCOc1ccc(-c2cnc(NC3=CCCC=C3)nc2NCCN(C)C)cc1. The largest absolute Gasteiger partial charge is 0.494 e. The minimum atomic E-state index is 0.597. The average molecular weight is 380 g/mol. The molecule has 0 saturated heterocycles. The van der Waals surface area contributed by atoms with E-state index in [-0.39, 0.29) is 0 Å². The number of anilines is 2. The highest BCUT2D eigenvalue weighted by Gasteiger charge is 2.11. The van der Waals surface area contributed by atoms with Crippen molar-refractivity contribution in [2.45, 2.75) is 19.8 Å². The minimum absolute atomic E-state index is 0.597. The lowest BCUT2D eigenvalue weighted by atomic mass is 10.1. The van der Waals surface area contributed by atoms with Crippen molar-refractivity contribution in [3.05, 3.63) is 54.4 Å². The lowest BCUT2D eigenvalue weighted by molar-refractivity contribution is 0.340. The lowest BCUT2D eigenvalue weighted by Crippen LogP contribution is -2.21. The molecule has 0 unspecified atom stereocenters. The van der Waals surface area contributed by atoms with Crippen LogP contribution in [0.15, 0.2) is 54.4 Å². The van der Waals surface area contributed by atoms with E-state index in [0.29, 0.717) is 12.6 Å². The Hall–Kier alpha value is -2.86. The molecule has 0 atom stereocenters. The summed E-state index contributed by atoms with van der Waals surface area (Å²) in [6.45, 7) is 4.36. The normalized spacial score (nSPS) is 13.4. The number of benzene rings is 1. The zero-order chi connectivity index (χ0) is 19.8. The van der Waals surface area contributed by atoms with Crippen molar-refractivity contribution in [1.29, 1.82) is 0 Å². The summed E-state index contributed by atoms with van der Waals surface area (Å²) >= 11 is 0. The third kappa shape index (κ3) is 5.57. The van der Waals surface area contributed by atoms with Crippen LogP contribution >= 0.6 is 0 Å². The Balaban J connectivity index is 1.84. The molecule has 0 fully saturated rings. The van der Waals surface area contributed by atoms with Crippen LogP contribution in [-0.2, 0) is 0 Å². The number of rotatable bonds is 9. The van der Waals surface area contributed by atoms with Crippen LogP contribution < -0.4 is 15.4 Å². The van der Waals surface area contributed by atoms with Gasteiger partial charge in [-0.3, -0.25) is 0 Å². The van der Waals surface area contributed by atoms with E-state index in [1.165, 1.54) is 0 Å². The second-order valence-electron chi connectivity index (χ2n) is 6.91. The fourth-order valence-corrected chi connectivity index (χ4v) is 2.92. The van der Waals surface area contributed by atoms with E-state index in [1.54, 1.807) is 0 Å². The van der Waals surface area contributed by atoms with Gasteiger partial charge in [0.2, 0.25) is 5.95 Å². The zero-order valence-corrected chi connectivity index (χ0v) is 16.9. The van der Waals surface area contributed by atoms with E-state index < -0.39 is 0 Å². The molecule has 0 radical (unpaired) electrons. The van der Waals surface area contributed by atoms with E-state index in [0.717, 1.165) is 54.3 Å². The van der Waals surface area contributed by atoms with Crippen molar-refractivity contribution >= 4 is 11.8 Å². The molecule has 1 aliphatic rings. The fraction of sp³-hybridized carbons (Fsp3) is 0.364. The number of hydrogen-bond acceptors (Lipinski definition) is 6. The summed E-state index contributed by atoms with van der Waals surface area (Å²) in [6, 6.07) is 8.04. The summed E-state index contributed by atoms with van der Waals surface area (Å²) in [5, 5.41) is 6.77. The molecule has 6 nitrogen and oxygen atoms in total. The highest BCUT2D eigenvalue weighted by Crippen LogP contribution is 2.28. The molecule has 0 bridgehead atoms. The first-order valence-corrected chi connectivity index (χ1v) is 9.78. The summed E-state index contributed by atoms with van der Waals surface area (Å²) in [6.07, 6.45) is 10.4. The van der Waals surface area contributed by atoms with E-state index >= 15 is 0 Å². The number of allylic oxidation sites excluding steroid dienone is 3. The van der Waals surface area contributed by atoms with Crippen molar-refractivity contribution < 1.29 is 4.74 Å². The Bertz CT molecular complexity index is 827. The minimum Gasteiger partial charge on any atom is -0.494 e. The molecule has 3 rings (SSSR count). The maximum absolute atomic E-state index is 5.55. The van der Waals surface area contributed by atoms with Crippen LogP contribution in [0.1, 0.15) is 19.8 Å². The molecule has 1 heterocycles. The monoisotopic (exact) mass is 379 g/mol. The second kappa shape index (κ2) is 9.90. The lowest BCUT2D eigenvalue weighted by Gasteiger charge is -2.16. The van der Waals surface area contributed by atoms with Gasteiger partial charge in [-0.25, -0.2) is 4.98 Å². The summed E-state index contributed by atoms with van der Waals surface area (Å²) in [4.78, 5) is 11.4. The first kappa shape index (κ1) is 19.9. The van der Waals surface area contributed by atoms with Gasteiger partial charge in [-0.2, -0.15) is 4.98 Å². The van der Waals surface area contributed by atoms with Crippen molar-refractivity contribution in [2.75, 3.05) is 44.4 Å². The molecule has 0 amide bonds. The quantitative estimate of drug-likeness (QED) is 0.682. The summed E-state index contributed by atoms with van der Waals surface area (Å²) in [7, 11) is 4.12.